The molecule has 0 spiro atoms. The monoisotopic (exact) mass is 665 g/mol. The first-order chi connectivity index (χ1) is 25.6. The van der Waals surface area contributed by atoms with Crippen LogP contribution < -0.4 is 0 Å². The van der Waals surface area contributed by atoms with Gasteiger partial charge in [0.05, 0.1) is 11.0 Å². The first kappa shape index (κ1) is 27.1. The van der Waals surface area contributed by atoms with Crippen molar-refractivity contribution in [3.8, 4) is 39.3 Å². The smallest absolute Gasteiger partial charge is 0.248 e. The predicted molar refractivity (Wildman–Crippen MR) is 210 cm³/mol. The van der Waals surface area contributed by atoms with E-state index in [2.05, 4.69) is 128 Å². The lowest BCUT2D eigenvalue weighted by Gasteiger charge is -2.25. The highest BCUT2D eigenvalue weighted by atomic mass is 16.3. The number of fused-ring (bicyclic) bond motifs is 7. The molecule has 0 atom stereocenters. The summed E-state index contributed by atoms with van der Waals surface area (Å²) < 4.78 is 15.4. The van der Waals surface area contributed by atoms with E-state index in [0.29, 0.717) is 5.71 Å². The van der Waals surface area contributed by atoms with Crippen molar-refractivity contribution in [1.82, 2.24) is 14.5 Å². The molecule has 0 N–H and O–H groups in total. The van der Waals surface area contributed by atoms with Gasteiger partial charge in [0.2, 0.25) is 5.71 Å². The van der Waals surface area contributed by atoms with Crippen molar-refractivity contribution in [3.63, 3.8) is 0 Å². The lowest BCUT2D eigenvalue weighted by Crippen LogP contribution is -2.17. The van der Waals surface area contributed by atoms with Crippen molar-refractivity contribution in [1.29, 1.82) is 0 Å². The van der Waals surface area contributed by atoms with Crippen molar-refractivity contribution in [2.75, 3.05) is 0 Å². The van der Waals surface area contributed by atoms with Gasteiger partial charge in [0.1, 0.15) is 28.0 Å². The number of aromatic nitrogens is 3. The Labute approximate surface area is 296 Å². The van der Waals surface area contributed by atoms with Gasteiger partial charge >= 0.3 is 0 Å². The molecule has 0 radical (unpaired) electrons. The summed E-state index contributed by atoms with van der Waals surface area (Å²) >= 11 is 0. The maximum atomic E-state index is 6.57. The van der Waals surface area contributed by atoms with Crippen LogP contribution in [0.15, 0.2) is 136 Å². The van der Waals surface area contributed by atoms with Gasteiger partial charge in [0.15, 0.2) is 5.82 Å². The Balaban J connectivity index is 1.25. The molecule has 4 aromatic heterocycles. The predicted octanol–water partition coefficient (Wildman–Crippen LogP) is 12.5. The van der Waals surface area contributed by atoms with Crippen LogP contribution >= 0.6 is 0 Å². The maximum absolute atomic E-state index is 6.57. The molecule has 0 fully saturated rings. The summed E-state index contributed by atoms with van der Waals surface area (Å²) in [5, 5.41) is 8.10. The third kappa shape index (κ3) is 3.05. The molecule has 7 aromatic carbocycles. The Bertz CT molecular complexity index is 3450. The minimum absolute atomic E-state index is 0.250. The summed E-state index contributed by atoms with van der Waals surface area (Å²) in [7, 11) is 0. The summed E-state index contributed by atoms with van der Waals surface area (Å²) in [6.07, 6.45) is 0. The first-order valence-electron chi connectivity index (χ1n) is 17.8. The van der Waals surface area contributed by atoms with Crippen molar-refractivity contribution in [2.45, 2.75) is 19.3 Å². The SMILES string of the molecule is CC1(C)c2ccccc2-c2cccc(-c3nc4c(nc3-n3c5ccc6cccc7c6c5c5c6c(ccc53)oc3cccc-7c36)oc3ccccc34)c21. The summed E-state index contributed by atoms with van der Waals surface area (Å²) in [5.74, 6) is 0.747. The highest BCUT2D eigenvalue weighted by Crippen LogP contribution is 2.54. The molecular weight excluding hydrogens is 639 g/mol. The number of furan rings is 2. The van der Waals surface area contributed by atoms with Crippen molar-refractivity contribution < 1.29 is 8.83 Å². The Hall–Kier alpha value is -6.72. The van der Waals surface area contributed by atoms with Crippen LogP contribution in [0.1, 0.15) is 25.0 Å². The van der Waals surface area contributed by atoms with Crippen LogP contribution in [0.4, 0.5) is 0 Å². The second kappa shape index (κ2) is 8.95. The van der Waals surface area contributed by atoms with Gasteiger partial charge in [-0.2, -0.15) is 4.98 Å². The van der Waals surface area contributed by atoms with Gasteiger partial charge in [-0.05, 0) is 80.6 Å². The average Bonchev–Trinajstić information content (AvgIpc) is 3.88. The van der Waals surface area contributed by atoms with Gasteiger partial charge in [-0.3, -0.25) is 4.57 Å². The van der Waals surface area contributed by atoms with E-state index in [-0.39, 0.29) is 5.41 Å². The minimum atomic E-state index is -0.250. The summed E-state index contributed by atoms with van der Waals surface area (Å²) in [6, 6.07) is 45.4. The standard InChI is InChI=1S/C47H27N3O2/c1-47(2)31-17-5-3-11-25(31)28-15-8-16-30(42(28)47)43-45(49-46-44(48-43)29-12-4-6-18-34(29)52-46)50-32-21-20-24-10-7-13-26-27-14-9-19-35-38(27)41-36(51-35)23-22-33(50)40(41)39(32)37(24)26/h3-23H,1-2H3. The molecule has 2 aliphatic carbocycles. The lowest BCUT2D eigenvalue weighted by molar-refractivity contribution is 0.651. The topological polar surface area (TPSA) is 57.0 Å². The molecule has 0 saturated heterocycles. The number of para-hydroxylation sites is 1. The normalized spacial score (nSPS) is 14.1. The third-order valence-corrected chi connectivity index (χ3v) is 11.9. The van der Waals surface area contributed by atoms with Crippen LogP contribution in [0, 0.1) is 0 Å². The highest BCUT2D eigenvalue weighted by Gasteiger charge is 2.39. The molecule has 4 heterocycles. The Kier molecular flexibility index (Phi) is 4.66. The fraction of sp³-hybridized carbons (Fsp3) is 0.0638. The van der Waals surface area contributed by atoms with Crippen molar-refractivity contribution in [2.24, 2.45) is 0 Å². The third-order valence-electron chi connectivity index (χ3n) is 11.9. The highest BCUT2D eigenvalue weighted by molar-refractivity contribution is 6.38. The van der Waals surface area contributed by atoms with E-state index in [4.69, 9.17) is 18.8 Å². The number of hydrogen-bond acceptors (Lipinski definition) is 4. The number of nitrogens with zero attached hydrogens (tertiary/aromatic N) is 3. The van der Waals surface area contributed by atoms with Crippen LogP contribution in [-0.4, -0.2) is 14.5 Å². The molecule has 13 rings (SSSR count). The Morgan fingerprint density at radius 2 is 1.17 bits per heavy atom. The van der Waals surface area contributed by atoms with Gasteiger partial charge in [0.25, 0.3) is 0 Å². The van der Waals surface area contributed by atoms with E-state index in [1.165, 1.54) is 54.9 Å². The largest absolute Gasteiger partial charge is 0.456 e. The molecule has 242 valence electrons. The van der Waals surface area contributed by atoms with Crippen LogP contribution in [-0.2, 0) is 5.41 Å². The van der Waals surface area contributed by atoms with Gasteiger partial charge in [-0.25, -0.2) is 4.98 Å². The molecule has 5 nitrogen and oxygen atoms in total. The Morgan fingerprint density at radius 3 is 2.10 bits per heavy atom. The van der Waals surface area contributed by atoms with E-state index in [1.54, 1.807) is 0 Å². The fourth-order valence-electron chi connectivity index (χ4n) is 9.85. The van der Waals surface area contributed by atoms with E-state index >= 15 is 0 Å². The second-order valence-electron chi connectivity index (χ2n) is 14.9. The second-order valence-corrected chi connectivity index (χ2v) is 14.9. The number of hydrogen-bond donors (Lipinski definition) is 0. The molecule has 0 amide bonds. The average molecular weight is 666 g/mol. The summed E-state index contributed by atoms with van der Waals surface area (Å²) in [4.78, 5) is 11.1. The first-order valence-corrected chi connectivity index (χ1v) is 17.8. The van der Waals surface area contributed by atoms with Gasteiger partial charge in [0, 0.05) is 37.9 Å². The van der Waals surface area contributed by atoms with Gasteiger partial charge in [-0.15, -0.1) is 0 Å². The molecule has 52 heavy (non-hydrogen) atoms. The van der Waals surface area contributed by atoms with Crippen LogP contribution in [0.3, 0.4) is 0 Å². The van der Waals surface area contributed by atoms with Crippen LogP contribution in [0.2, 0.25) is 0 Å². The minimum Gasteiger partial charge on any atom is -0.456 e. The van der Waals surface area contributed by atoms with Crippen LogP contribution in [0.5, 0.6) is 0 Å². The molecule has 0 bridgehead atoms. The molecular formula is C47H27N3O2. The molecule has 0 saturated carbocycles. The molecule has 0 aliphatic heterocycles. The lowest BCUT2D eigenvalue weighted by atomic mass is 9.79. The Morgan fingerprint density at radius 1 is 0.500 bits per heavy atom. The zero-order valence-electron chi connectivity index (χ0n) is 28.3. The van der Waals surface area contributed by atoms with Gasteiger partial charge < -0.3 is 8.83 Å². The molecule has 11 aromatic rings. The molecule has 0 unspecified atom stereocenters. The summed E-state index contributed by atoms with van der Waals surface area (Å²) in [5.41, 5.74) is 15.2. The number of rotatable bonds is 2. The van der Waals surface area contributed by atoms with E-state index < -0.39 is 0 Å². The van der Waals surface area contributed by atoms with Crippen molar-refractivity contribution in [3.05, 3.63) is 139 Å². The number of benzene rings is 7. The van der Waals surface area contributed by atoms with Crippen molar-refractivity contribution >= 4 is 76.7 Å². The maximum Gasteiger partial charge on any atom is 0.248 e. The zero-order chi connectivity index (χ0) is 34.0. The molecule has 2 aliphatic rings. The summed E-state index contributed by atoms with van der Waals surface area (Å²) in [6.45, 7) is 4.66. The van der Waals surface area contributed by atoms with E-state index in [1.807, 2.05) is 18.2 Å². The van der Waals surface area contributed by atoms with E-state index in [0.717, 1.165) is 66.5 Å². The van der Waals surface area contributed by atoms with Gasteiger partial charge in [-0.1, -0.05) is 105 Å². The zero-order valence-corrected chi connectivity index (χ0v) is 28.3. The van der Waals surface area contributed by atoms with Crippen LogP contribution in [0.25, 0.3) is 116 Å². The quantitative estimate of drug-likeness (QED) is 0.184. The van der Waals surface area contributed by atoms with E-state index in [9.17, 15) is 0 Å². The fourth-order valence-corrected chi connectivity index (χ4v) is 9.85. The molecule has 5 heteroatoms.